The molecule has 0 atom stereocenters. The van der Waals surface area contributed by atoms with Crippen LogP contribution in [0.15, 0.2) is 188 Å². The van der Waals surface area contributed by atoms with E-state index in [0.29, 0.717) is 0 Å². The summed E-state index contributed by atoms with van der Waals surface area (Å²) in [6.45, 7) is 0. The summed E-state index contributed by atoms with van der Waals surface area (Å²) in [5.41, 5.74) is 15.9. The molecule has 0 spiro atoms. The van der Waals surface area contributed by atoms with Gasteiger partial charge in [-0.25, -0.2) is 0 Å². The zero-order chi connectivity index (χ0) is 37.9. The first-order valence-corrected chi connectivity index (χ1v) is 20.3. The summed E-state index contributed by atoms with van der Waals surface area (Å²) in [6, 6.07) is 67.0. The summed E-state index contributed by atoms with van der Waals surface area (Å²) in [4.78, 5) is 0. The Hall–Kier alpha value is -7.56. The smallest absolute Gasteiger partial charge is 0.0788 e. The molecule has 0 saturated heterocycles. The molecular formula is C54H36N4. The minimum atomic E-state index is 1.03. The number of hydrogen-bond donors (Lipinski definition) is 0. The Bertz CT molecular complexity index is 3660. The van der Waals surface area contributed by atoms with Crippen molar-refractivity contribution < 1.29 is 0 Å². The van der Waals surface area contributed by atoms with Gasteiger partial charge in [0, 0.05) is 66.1 Å². The van der Waals surface area contributed by atoms with E-state index in [1.54, 1.807) is 0 Å². The number of allylic oxidation sites excluding steroid dienone is 1. The molecule has 0 aliphatic heterocycles. The summed E-state index contributed by atoms with van der Waals surface area (Å²) in [6.07, 6.45) is 6.74. The van der Waals surface area contributed by atoms with E-state index >= 15 is 0 Å². The Morgan fingerprint density at radius 1 is 0.310 bits per heavy atom. The number of aromatic nitrogens is 4. The van der Waals surface area contributed by atoms with Crippen molar-refractivity contribution in [3.05, 3.63) is 199 Å². The van der Waals surface area contributed by atoms with E-state index in [2.05, 4.69) is 212 Å². The fourth-order valence-corrected chi connectivity index (χ4v) is 10.2. The molecule has 4 heteroatoms. The van der Waals surface area contributed by atoms with Crippen molar-refractivity contribution in [2.75, 3.05) is 0 Å². The van der Waals surface area contributed by atoms with Crippen LogP contribution in [-0.2, 0) is 6.42 Å². The number of aryl methyl sites for hydroxylation is 1. The van der Waals surface area contributed by atoms with Gasteiger partial charge in [-0.2, -0.15) is 0 Å². The molecule has 12 aromatic rings. The summed E-state index contributed by atoms with van der Waals surface area (Å²) in [5.74, 6) is 0. The number of fused-ring (bicyclic) bond motifs is 13. The maximum atomic E-state index is 2.50. The van der Waals surface area contributed by atoms with Crippen molar-refractivity contribution in [1.82, 2.24) is 18.3 Å². The largest absolute Gasteiger partial charge is 0.310 e. The van der Waals surface area contributed by atoms with Crippen molar-refractivity contribution in [3.63, 3.8) is 0 Å². The molecular weight excluding hydrogens is 705 g/mol. The molecule has 1 aliphatic rings. The summed E-state index contributed by atoms with van der Waals surface area (Å²) >= 11 is 0. The topological polar surface area (TPSA) is 19.7 Å². The van der Waals surface area contributed by atoms with Crippen LogP contribution in [-0.4, -0.2) is 18.3 Å². The lowest BCUT2D eigenvalue weighted by atomic mass is 10.00. The van der Waals surface area contributed by atoms with E-state index in [1.807, 2.05) is 0 Å². The Morgan fingerprint density at radius 2 is 0.776 bits per heavy atom. The zero-order valence-electron chi connectivity index (χ0n) is 31.7. The monoisotopic (exact) mass is 740 g/mol. The Kier molecular flexibility index (Phi) is 6.53. The van der Waals surface area contributed by atoms with E-state index in [-0.39, 0.29) is 0 Å². The van der Waals surface area contributed by atoms with Gasteiger partial charge in [0.05, 0.1) is 38.6 Å². The first-order chi connectivity index (χ1) is 28.8. The van der Waals surface area contributed by atoms with Gasteiger partial charge in [0.2, 0.25) is 0 Å². The van der Waals surface area contributed by atoms with Crippen molar-refractivity contribution in [2.45, 2.75) is 12.8 Å². The molecule has 13 rings (SSSR count). The third kappa shape index (κ3) is 4.29. The van der Waals surface area contributed by atoms with Crippen LogP contribution in [0.3, 0.4) is 0 Å². The highest BCUT2D eigenvalue weighted by Gasteiger charge is 2.24. The van der Waals surface area contributed by atoms with Gasteiger partial charge >= 0.3 is 0 Å². The number of hydrogen-bond acceptors (Lipinski definition) is 0. The molecule has 0 fully saturated rings. The van der Waals surface area contributed by atoms with Gasteiger partial charge in [-0.15, -0.1) is 0 Å². The molecule has 0 radical (unpaired) electrons. The molecule has 4 nitrogen and oxygen atoms in total. The van der Waals surface area contributed by atoms with Crippen LogP contribution in [0.4, 0.5) is 0 Å². The number of para-hydroxylation sites is 5. The number of rotatable bonds is 4. The minimum Gasteiger partial charge on any atom is -0.310 e. The predicted octanol–water partition coefficient (Wildman–Crippen LogP) is 13.9. The van der Waals surface area contributed by atoms with Crippen LogP contribution in [0.2, 0.25) is 0 Å². The first kappa shape index (κ1) is 31.6. The second-order valence-corrected chi connectivity index (χ2v) is 15.6. The van der Waals surface area contributed by atoms with Gasteiger partial charge in [0.15, 0.2) is 0 Å². The first-order valence-electron chi connectivity index (χ1n) is 20.3. The second kappa shape index (κ2) is 12.0. The third-order valence-corrected chi connectivity index (χ3v) is 12.6. The summed E-state index contributed by atoms with van der Waals surface area (Å²) < 4.78 is 9.92. The fourth-order valence-electron chi connectivity index (χ4n) is 10.2. The van der Waals surface area contributed by atoms with Gasteiger partial charge in [-0.3, -0.25) is 0 Å². The van der Waals surface area contributed by atoms with Crippen molar-refractivity contribution in [2.24, 2.45) is 0 Å². The van der Waals surface area contributed by atoms with Crippen LogP contribution >= 0.6 is 0 Å². The molecule has 58 heavy (non-hydrogen) atoms. The minimum absolute atomic E-state index is 1.03. The molecule has 0 amide bonds. The lowest BCUT2D eigenvalue weighted by Crippen LogP contribution is -2.00. The van der Waals surface area contributed by atoms with Crippen molar-refractivity contribution >= 4 is 82.4 Å². The highest BCUT2D eigenvalue weighted by molar-refractivity contribution is 6.24. The van der Waals surface area contributed by atoms with Crippen LogP contribution < -0.4 is 0 Å². The van der Waals surface area contributed by atoms with Crippen molar-refractivity contribution in [3.8, 4) is 22.7 Å². The standard InChI is InChI=1S/C54H36N4/c1-3-16-35(17-4-1)55-47-26-11-9-24-41(47)45-34-52-46(33-51(45)55)42-25-10-12-27-48(42)56(52)37-20-15-21-38(32-37)58-50-29-14-8-23-40(50)44-31-30-43-39-22-7-13-28-49(39)57(53(43)54(44)58)36-18-5-2-6-19-36/h1-8,10-23,25-34H,9,24H2. The van der Waals surface area contributed by atoms with E-state index in [1.165, 1.54) is 93.3 Å². The van der Waals surface area contributed by atoms with Crippen molar-refractivity contribution in [1.29, 1.82) is 0 Å². The number of benzene rings is 8. The molecule has 1 aliphatic carbocycles. The molecule has 4 heterocycles. The number of nitrogens with zero attached hydrogens (tertiary/aromatic N) is 4. The van der Waals surface area contributed by atoms with Crippen LogP contribution in [0, 0.1) is 0 Å². The van der Waals surface area contributed by atoms with E-state index in [4.69, 9.17) is 0 Å². The maximum Gasteiger partial charge on any atom is 0.0788 e. The Balaban J connectivity index is 1.12. The lowest BCUT2D eigenvalue weighted by Gasteiger charge is -2.15. The van der Waals surface area contributed by atoms with E-state index in [0.717, 1.165) is 29.9 Å². The van der Waals surface area contributed by atoms with Gasteiger partial charge in [0.25, 0.3) is 0 Å². The van der Waals surface area contributed by atoms with Crippen LogP contribution in [0.25, 0.3) is 105 Å². The zero-order valence-corrected chi connectivity index (χ0v) is 31.7. The van der Waals surface area contributed by atoms with Gasteiger partial charge in [0.1, 0.15) is 0 Å². The summed E-state index contributed by atoms with van der Waals surface area (Å²) in [7, 11) is 0. The normalized spacial score (nSPS) is 13.0. The molecule has 0 unspecified atom stereocenters. The highest BCUT2D eigenvalue weighted by Crippen LogP contribution is 2.43. The van der Waals surface area contributed by atoms with Crippen LogP contribution in [0.5, 0.6) is 0 Å². The predicted molar refractivity (Wildman–Crippen MR) is 244 cm³/mol. The SMILES string of the molecule is C1=Cc2c(c3cc4c(cc3n2-c2ccccc2)c2ccccc2n4-c2cccc(-n3c4ccccc4c4ccc5c6ccccc6n(-c6ccccc6)c5c43)c2)CC1. The van der Waals surface area contributed by atoms with E-state index < -0.39 is 0 Å². The molecule has 0 N–H and O–H groups in total. The molecule has 0 saturated carbocycles. The fraction of sp³-hybridized carbons (Fsp3) is 0.0370. The average Bonchev–Trinajstić information content (AvgIpc) is 4.01. The molecule has 8 aromatic carbocycles. The third-order valence-electron chi connectivity index (χ3n) is 12.6. The molecule has 4 aromatic heterocycles. The molecule has 0 bridgehead atoms. The second-order valence-electron chi connectivity index (χ2n) is 15.6. The van der Waals surface area contributed by atoms with Gasteiger partial charge < -0.3 is 18.3 Å². The van der Waals surface area contributed by atoms with Gasteiger partial charge in [-0.1, -0.05) is 115 Å². The quantitative estimate of drug-likeness (QED) is 0.171. The van der Waals surface area contributed by atoms with Gasteiger partial charge in [-0.05, 0) is 97.3 Å². The Morgan fingerprint density at radius 3 is 1.41 bits per heavy atom. The Labute approximate surface area is 334 Å². The highest BCUT2D eigenvalue weighted by atomic mass is 15.1. The lowest BCUT2D eigenvalue weighted by molar-refractivity contribution is 0.967. The van der Waals surface area contributed by atoms with Crippen LogP contribution in [0.1, 0.15) is 17.7 Å². The van der Waals surface area contributed by atoms with E-state index in [9.17, 15) is 0 Å². The summed E-state index contributed by atoms with van der Waals surface area (Å²) in [5, 5.41) is 8.84. The maximum absolute atomic E-state index is 2.50. The average molecular weight is 741 g/mol. The molecule has 272 valence electrons.